The summed E-state index contributed by atoms with van der Waals surface area (Å²) in [6, 6.07) is 13.3. The lowest BCUT2D eigenvalue weighted by Gasteiger charge is -2.05. The molecule has 2 aromatic rings. The van der Waals surface area contributed by atoms with Crippen molar-refractivity contribution in [1.82, 2.24) is 0 Å². The zero-order valence-corrected chi connectivity index (χ0v) is 13.5. The molecule has 0 N–H and O–H groups in total. The van der Waals surface area contributed by atoms with E-state index in [4.69, 9.17) is 14.4 Å². The minimum absolute atomic E-state index is 0.0737. The average molecular weight is 309 g/mol. The summed E-state index contributed by atoms with van der Waals surface area (Å²) in [7, 11) is 0. The van der Waals surface area contributed by atoms with Gasteiger partial charge in [0, 0.05) is 11.6 Å². The lowest BCUT2D eigenvalue weighted by molar-refractivity contribution is -0.139. The van der Waals surface area contributed by atoms with Crippen molar-refractivity contribution in [3.05, 3.63) is 53.3 Å². The van der Waals surface area contributed by atoms with Gasteiger partial charge in [-0.3, -0.25) is 0 Å². The summed E-state index contributed by atoms with van der Waals surface area (Å²) in [5, 5.41) is 9.12. The Morgan fingerprint density at radius 3 is 2.57 bits per heavy atom. The van der Waals surface area contributed by atoms with Crippen LogP contribution in [0, 0.1) is 24.2 Å². The van der Waals surface area contributed by atoms with Crippen molar-refractivity contribution in [1.29, 1.82) is 5.26 Å². The number of carbonyl (C=O) groups is 1. The van der Waals surface area contributed by atoms with Crippen LogP contribution >= 0.6 is 0 Å². The minimum atomic E-state index is -0.630. The maximum absolute atomic E-state index is 11.8. The maximum Gasteiger partial charge on any atom is 0.349 e. The third-order valence-electron chi connectivity index (χ3n) is 3.14. The first kappa shape index (κ1) is 16.6. The van der Waals surface area contributed by atoms with Gasteiger partial charge in [-0.05, 0) is 25.0 Å². The number of esters is 1. The standard InChI is InChI=1S/C19H19NO3/c1-13(2)12-22-19(21)16(11-20)10-17-8-9-18(23-17)15-6-4-14(3)5-7-15/h4-10,13H,12H2,1-3H3/b16-10+. The molecule has 4 heteroatoms. The minimum Gasteiger partial charge on any atom is -0.461 e. The van der Waals surface area contributed by atoms with Gasteiger partial charge in [0.15, 0.2) is 0 Å². The molecule has 0 unspecified atom stereocenters. The fourth-order valence-corrected chi connectivity index (χ4v) is 1.90. The molecule has 1 aromatic carbocycles. The molecule has 1 heterocycles. The number of carbonyl (C=O) groups excluding carboxylic acids is 1. The van der Waals surface area contributed by atoms with Crippen molar-refractivity contribution in [2.45, 2.75) is 20.8 Å². The van der Waals surface area contributed by atoms with E-state index in [1.807, 2.05) is 57.2 Å². The molecule has 0 fully saturated rings. The molecule has 118 valence electrons. The van der Waals surface area contributed by atoms with Crippen LogP contribution in [0.1, 0.15) is 25.2 Å². The fraction of sp³-hybridized carbons (Fsp3) is 0.263. The summed E-state index contributed by atoms with van der Waals surface area (Å²) in [6.45, 7) is 6.17. The van der Waals surface area contributed by atoms with Gasteiger partial charge in [-0.2, -0.15) is 5.26 Å². The van der Waals surface area contributed by atoms with E-state index < -0.39 is 5.97 Å². The van der Waals surface area contributed by atoms with Crippen LogP contribution in [0.25, 0.3) is 17.4 Å². The maximum atomic E-state index is 11.8. The van der Waals surface area contributed by atoms with Gasteiger partial charge in [-0.25, -0.2) is 4.79 Å². The number of hydrogen-bond donors (Lipinski definition) is 0. The van der Waals surface area contributed by atoms with E-state index >= 15 is 0 Å². The highest BCUT2D eigenvalue weighted by Gasteiger charge is 2.13. The van der Waals surface area contributed by atoms with Crippen molar-refractivity contribution >= 4 is 12.0 Å². The van der Waals surface area contributed by atoms with Gasteiger partial charge < -0.3 is 9.15 Å². The van der Waals surface area contributed by atoms with Crippen molar-refractivity contribution in [3.63, 3.8) is 0 Å². The number of nitrogens with zero attached hydrogens (tertiary/aromatic N) is 1. The number of rotatable bonds is 5. The Labute approximate surface area is 136 Å². The van der Waals surface area contributed by atoms with E-state index in [0.29, 0.717) is 11.5 Å². The lowest BCUT2D eigenvalue weighted by Crippen LogP contribution is -2.11. The molecule has 0 radical (unpaired) electrons. The molecule has 0 aliphatic carbocycles. The molecular formula is C19H19NO3. The van der Waals surface area contributed by atoms with Crippen molar-refractivity contribution in [2.75, 3.05) is 6.61 Å². The summed E-state index contributed by atoms with van der Waals surface area (Å²) in [5.74, 6) is 0.716. The zero-order valence-electron chi connectivity index (χ0n) is 13.5. The molecule has 0 saturated heterocycles. The molecule has 1 aromatic heterocycles. The van der Waals surface area contributed by atoms with E-state index in [0.717, 1.165) is 5.56 Å². The first-order valence-corrected chi connectivity index (χ1v) is 7.45. The first-order chi connectivity index (χ1) is 11.0. The van der Waals surface area contributed by atoms with E-state index in [-0.39, 0.29) is 18.1 Å². The number of ether oxygens (including phenoxy) is 1. The molecule has 0 saturated carbocycles. The number of hydrogen-bond acceptors (Lipinski definition) is 4. The van der Waals surface area contributed by atoms with Crippen LogP contribution in [0.5, 0.6) is 0 Å². The number of benzene rings is 1. The Balaban J connectivity index is 2.17. The molecule has 4 nitrogen and oxygen atoms in total. The average Bonchev–Trinajstić information content (AvgIpc) is 2.99. The van der Waals surface area contributed by atoms with Gasteiger partial charge in [-0.1, -0.05) is 43.7 Å². The largest absolute Gasteiger partial charge is 0.461 e. The first-order valence-electron chi connectivity index (χ1n) is 7.45. The van der Waals surface area contributed by atoms with Gasteiger partial charge in [0.05, 0.1) is 6.61 Å². The van der Waals surface area contributed by atoms with Crippen LogP contribution in [-0.4, -0.2) is 12.6 Å². The number of aryl methyl sites for hydroxylation is 1. The monoisotopic (exact) mass is 309 g/mol. The highest BCUT2D eigenvalue weighted by molar-refractivity contribution is 5.97. The third-order valence-corrected chi connectivity index (χ3v) is 3.14. The second kappa shape index (κ2) is 7.46. The molecule has 0 bridgehead atoms. The van der Waals surface area contributed by atoms with Crippen LogP contribution in [-0.2, 0) is 9.53 Å². The van der Waals surface area contributed by atoms with Gasteiger partial charge in [0.25, 0.3) is 0 Å². The SMILES string of the molecule is Cc1ccc(-c2ccc(/C=C(\C#N)C(=O)OCC(C)C)o2)cc1. The molecule has 0 aliphatic heterocycles. The fourth-order valence-electron chi connectivity index (χ4n) is 1.90. The predicted molar refractivity (Wildman–Crippen MR) is 88.3 cm³/mol. The molecule has 0 atom stereocenters. The summed E-state index contributed by atoms with van der Waals surface area (Å²) in [4.78, 5) is 11.8. The van der Waals surface area contributed by atoms with Crippen LogP contribution in [0.4, 0.5) is 0 Å². The van der Waals surface area contributed by atoms with E-state index in [1.165, 1.54) is 11.6 Å². The van der Waals surface area contributed by atoms with Gasteiger partial charge in [-0.15, -0.1) is 0 Å². The van der Waals surface area contributed by atoms with Crippen LogP contribution in [0.15, 0.2) is 46.4 Å². The molecule has 0 aliphatic rings. The molecule has 2 rings (SSSR count). The molecular weight excluding hydrogens is 290 g/mol. The predicted octanol–water partition coefficient (Wildman–Crippen LogP) is 4.36. The summed E-state index contributed by atoms with van der Waals surface area (Å²) < 4.78 is 10.7. The highest BCUT2D eigenvalue weighted by atomic mass is 16.5. The van der Waals surface area contributed by atoms with Crippen molar-refractivity contribution < 1.29 is 13.9 Å². The quantitative estimate of drug-likeness (QED) is 0.467. The topological polar surface area (TPSA) is 63.2 Å². The van der Waals surface area contributed by atoms with Crippen LogP contribution in [0.2, 0.25) is 0 Å². The summed E-state index contributed by atoms with van der Waals surface area (Å²) >= 11 is 0. The Kier molecular flexibility index (Phi) is 5.37. The Bertz CT molecular complexity index is 746. The number of nitriles is 1. The second-order valence-corrected chi connectivity index (χ2v) is 5.73. The molecule has 0 spiro atoms. The smallest absolute Gasteiger partial charge is 0.349 e. The van der Waals surface area contributed by atoms with Crippen LogP contribution < -0.4 is 0 Å². The van der Waals surface area contributed by atoms with Gasteiger partial charge in [0.1, 0.15) is 23.2 Å². The second-order valence-electron chi connectivity index (χ2n) is 5.73. The lowest BCUT2D eigenvalue weighted by atomic mass is 10.1. The highest BCUT2D eigenvalue weighted by Crippen LogP contribution is 2.23. The summed E-state index contributed by atoms with van der Waals surface area (Å²) in [5.41, 5.74) is 2.03. The molecule has 23 heavy (non-hydrogen) atoms. The zero-order chi connectivity index (χ0) is 16.8. The Morgan fingerprint density at radius 1 is 1.26 bits per heavy atom. The van der Waals surface area contributed by atoms with Crippen LogP contribution in [0.3, 0.4) is 0 Å². The van der Waals surface area contributed by atoms with E-state index in [2.05, 4.69) is 0 Å². The van der Waals surface area contributed by atoms with Crippen molar-refractivity contribution in [2.24, 2.45) is 5.92 Å². The summed E-state index contributed by atoms with van der Waals surface area (Å²) in [6.07, 6.45) is 1.40. The van der Waals surface area contributed by atoms with Gasteiger partial charge in [0.2, 0.25) is 0 Å². The normalized spacial score (nSPS) is 11.3. The van der Waals surface area contributed by atoms with E-state index in [1.54, 1.807) is 6.07 Å². The Morgan fingerprint density at radius 2 is 1.96 bits per heavy atom. The Hall–Kier alpha value is -2.80. The molecule has 0 amide bonds. The van der Waals surface area contributed by atoms with Crippen molar-refractivity contribution in [3.8, 4) is 17.4 Å². The van der Waals surface area contributed by atoms with E-state index in [9.17, 15) is 4.79 Å². The number of furan rings is 1. The van der Waals surface area contributed by atoms with Gasteiger partial charge >= 0.3 is 5.97 Å². The third kappa shape index (κ3) is 4.58.